The molecule has 0 fully saturated rings. The van der Waals surface area contributed by atoms with Crippen molar-refractivity contribution in [1.82, 2.24) is 0 Å². The molecular weight excluding hydrogens is 691 g/mol. The second-order valence-electron chi connectivity index (χ2n) is 0.678. The third-order valence-electron chi connectivity index (χ3n) is 0. The predicted molar refractivity (Wildman–Crippen MR) is 59.4 cm³/mol. The molecule has 0 aliphatic heterocycles. The zero-order valence-electron chi connectivity index (χ0n) is 5.08. The van der Waals surface area contributed by atoms with Gasteiger partial charge in [0.2, 0.25) is 0 Å². The zero-order chi connectivity index (χ0) is 6.41. The van der Waals surface area contributed by atoms with E-state index in [2.05, 4.69) is 79.8 Å². The maximum Gasteiger partial charge on any atom is 1.00 e. The molecule has 8 heavy (non-hydrogen) atoms. The second kappa shape index (κ2) is 2.78. The molecule has 62 valence electrons. The largest absolute Gasteiger partial charge is 1.00 e. The van der Waals surface area contributed by atoms with Crippen LogP contribution in [0.1, 0.15) is 2.85 Å². The van der Waals surface area contributed by atoms with Crippen molar-refractivity contribution in [2.75, 3.05) is 0 Å². The van der Waals surface area contributed by atoms with Crippen LogP contribution in [0.3, 0.4) is 0 Å². The summed E-state index contributed by atoms with van der Waals surface area (Å²) in [5.74, 6) is 0. The van der Waals surface area contributed by atoms with Crippen molar-refractivity contribution in [1.29, 1.82) is 0 Å². The first-order chi connectivity index (χ1) is 2.45. The Labute approximate surface area is 87.3 Å². The van der Waals surface area contributed by atoms with Crippen LogP contribution in [0.4, 0.5) is 0 Å². The Balaban J connectivity index is -0.0000000600. The van der Waals surface area contributed by atoms with Crippen LogP contribution in [-0.4, -0.2) is 5.48 Å². The molecule has 0 aliphatic rings. The molecule has 0 saturated carbocycles. The summed E-state index contributed by atoms with van der Waals surface area (Å²) in [5, 5.41) is 0. The normalized spacial score (nSPS) is 20.2. The average Bonchev–Trinajstić information content (AvgIpc) is 0.592. The first-order valence-corrected chi connectivity index (χ1v) is 30.5. The molecule has 0 heterocycles. The minimum Gasteiger partial charge on any atom is 1.00 e. The van der Waals surface area contributed by atoms with Crippen LogP contribution in [-0.2, 0) is 1.22 Å². The van der Waals surface area contributed by atoms with Gasteiger partial charge in [0.15, 0.2) is 0 Å². The number of rotatable bonds is 0. The summed E-state index contributed by atoms with van der Waals surface area (Å²) in [4.78, 5) is 0. The van der Waals surface area contributed by atoms with Gasteiger partial charge in [0, 0.05) is 0 Å². The van der Waals surface area contributed by atoms with E-state index in [1.807, 2.05) is 0 Å². The van der Waals surface area contributed by atoms with Gasteiger partial charge in [-0.2, -0.15) is 0 Å². The summed E-state index contributed by atoms with van der Waals surface area (Å²) >= 11 is 20.1. The van der Waals surface area contributed by atoms with Gasteiger partial charge in [-0.15, -0.1) is 0 Å². The summed E-state index contributed by atoms with van der Waals surface area (Å²) < 4.78 is -3.25. The maximum absolute atomic E-state index is 3.35. The van der Waals surface area contributed by atoms with Gasteiger partial charge in [-0.25, -0.2) is 0 Å². The van der Waals surface area contributed by atoms with E-state index in [9.17, 15) is 0 Å². The van der Waals surface area contributed by atoms with Crippen molar-refractivity contribution in [2.24, 2.45) is 0 Å². The van der Waals surface area contributed by atoms with Crippen LogP contribution in [0, 0.1) is 0 Å². The third kappa shape index (κ3) is 55.7. The summed E-state index contributed by atoms with van der Waals surface area (Å²) in [6.45, 7) is 0. The van der Waals surface area contributed by atoms with E-state index in [1.165, 1.54) is 0 Å². The van der Waals surface area contributed by atoms with E-state index >= 15 is 0 Å². The Morgan fingerprint density at radius 3 is 0.750 bits per heavy atom. The fourth-order valence-corrected chi connectivity index (χ4v) is 0. The summed E-state index contributed by atoms with van der Waals surface area (Å²) in [5.41, 5.74) is 0. The van der Waals surface area contributed by atoms with Crippen LogP contribution in [0.15, 0.2) is 0 Å². The van der Waals surface area contributed by atoms with Gasteiger partial charge in [0.05, 0.1) is 0 Å². The maximum atomic E-state index is 3.35. The molecule has 0 aromatic carbocycles. The van der Waals surface area contributed by atoms with Crippen molar-refractivity contribution < 1.29 is 9.55 Å². The van der Waals surface area contributed by atoms with E-state index in [1.54, 1.807) is 0 Å². The van der Waals surface area contributed by atoms with Crippen molar-refractivity contribution in [3.8, 4) is 0 Å². The molecule has 0 aromatic heterocycles. The molecule has 0 spiro atoms. The molecule has 1 nitrogen and oxygen atoms in total. The molecule has 8 heteroatoms. The Bertz CT molecular complexity index is 74.3. The smallest absolute Gasteiger partial charge is 1.00 e. The van der Waals surface area contributed by atoms with Crippen LogP contribution in [0.2, 0.25) is 0 Å². The molecule has 0 aromatic rings. The molecule has 0 rings (SSSR count). The Morgan fingerprint density at radius 2 is 0.750 bits per heavy atom. The molecule has 0 saturated heterocycles. The van der Waals surface area contributed by atoms with Crippen LogP contribution >= 0.6 is 79.8 Å². The summed E-state index contributed by atoms with van der Waals surface area (Å²) in [7, 11) is 0. The van der Waals surface area contributed by atoms with Crippen LogP contribution in [0.5, 0.6) is 0 Å². The van der Waals surface area contributed by atoms with Crippen molar-refractivity contribution >= 4 is 79.8 Å². The standard InChI is InChI=1S/6BrH.H2O.Pt/h6*1H;1H2;/q;;;;;;;+4/p-4. The minimum absolute atomic E-state index is 0. The second-order valence-corrected chi connectivity index (χ2v) is 150. The molecule has 0 radical (unpaired) electrons. The van der Waals surface area contributed by atoms with Crippen molar-refractivity contribution in [3.63, 3.8) is 0 Å². The van der Waals surface area contributed by atoms with Gasteiger partial charge in [-0.1, -0.05) is 0 Å². The fourth-order valence-electron chi connectivity index (χ4n) is 0. The molecule has 0 atom stereocenters. The summed E-state index contributed by atoms with van der Waals surface area (Å²) in [6.07, 6.45) is 0. The Hall–Kier alpha value is 3.53. The van der Waals surface area contributed by atoms with Crippen molar-refractivity contribution in [2.45, 2.75) is 0 Å². The third-order valence-corrected chi connectivity index (χ3v) is 0. The van der Waals surface area contributed by atoms with Crippen molar-refractivity contribution in [3.05, 3.63) is 0 Å². The van der Waals surface area contributed by atoms with Gasteiger partial charge in [-0.3, -0.25) is 0 Å². The Kier molecular flexibility index (Phi) is 4.90. The number of hydrogen-bond donors (Lipinski definition) is 0. The topological polar surface area (TPSA) is 31.5 Å². The van der Waals surface area contributed by atoms with Crippen LogP contribution in [0.25, 0.3) is 0 Å². The van der Waals surface area contributed by atoms with Gasteiger partial charge >= 0.3 is 83.9 Å². The number of halogens is 6. The predicted octanol–water partition coefficient (Wildman–Crippen LogP) is 4.47. The number of hydrogen-bond acceptors (Lipinski definition) is 0. The van der Waals surface area contributed by atoms with E-state index in [0.29, 0.717) is 0 Å². The van der Waals surface area contributed by atoms with Gasteiger partial charge in [0.1, 0.15) is 0 Å². The average molecular weight is 695 g/mol. The van der Waals surface area contributed by atoms with Crippen LogP contribution < -0.4 is 0 Å². The zero-order valence-corrected chi connectivity index (χ0v) is 14.9. The molecule has 0 aliphatic carbocycles. The SMILES string of the molecule is O.[Br][Pt-2]([Br])([Br])([Br])([Br])[Br].[H+].[H+]. The van der Waals surface area contributed by atoms with E-state index in [4.69, 9.17) is 0 Å². The monoisotopic (exact) mass is 689 g/mol. The molecule has 2 N–H and O–H groups in total. The molecular formula is H4Br6OPt. The first kappa shape index (κ1) is 14.1. The molecule has 0 bridgehead atoms. The Morgan fingerprint density at radius 1 is 0.750 bits per heavy atom. The van der Waals surface area contributed by atoms with E-state index in [0.717, 1.165) is 0 Å². The first-order valence-electron chi connectivity index (χ1n) is 0.717. The summed E-state index contributed by atoms with van der Waals surface area (Å²) in [6, 6.07) is 0. The molecule has 0 unspecified atom stereocenters. The quantitative estimate of drug-likeness (QED) is 0.359. The van der Waals surface area contributed by atoms with Gasteiger partial charge < -0.3 is 5.48 Å². The fraction of sp³-hybridized carbons (Fsp3) is 0. The van der Waals surface area contributed by atoms with Gasteiger partial charge in [0.25, 0.3) is 0 Å². The minimum atomic E-state index is -3.25. The molecule has 0 amide bonds. The van der Waals surface area contributed by atoms with E-state index < -0.39 is 1.22 Å². The van der Waals surface area contributed by atoms with Gasteiger partial charge in [-0.05, 0) is 0 Å². The van der Waals surface area contributed by atoms with E-state index in [-0.39, 0.29) is 8.33 Å².